The van der Waals surface area contributed by atoms with Gasteiger partial charge in [-0.1, -0.05) is 29.8 Å². The molecular formula is C20H21ClN2O3. The van der Waals surface area contributed by atoms with Crippen molar-refractivity contribution in [3.05, 3.63) is 52.5 Å². The fourth-order valence-corrected chi connectivity index (χ4v) is 3.18. The molecule has 1 fully saturated rings. The van der Waals surface area contributed by atoms with E-state index in [4.69, 9.17) is 16.3 Å². The highest BCUT2D eigenvalue weighted by atomic mass is 35.5. The molecule has 0 atom stereocenters. The summed E-state index contributed by atoms with van der Waals surface area (Å²) in [4.78, 5) is 25.5. The van der Waals surface area contributed by atoms with Gasteiger partial charge in [-0.25, -0.2) is 0 Å². The standard InChI is InChI=1S/C20H21ClN2O3/c1-12-5-4-6-13(2)17(12)23-19(25)20(9-10-20)18(24)22-14-7-8-16(26-3)15(21)11-14/h4-8,11H,9-10H2,1-3H3,(H,22,24)(H,23,25). The molecule has 1 saturated carbocycles. The number of nitrogens with one attached hydrogen (secondary N) is 2. The molecular weight excluding hydrogens is 352 g/mol. The van der Waals surface area contributed by atoms with Crippen LogP contribution in [0.2, 0.25) is 5.02 Å². The predicted molar refractivity (Wildman–Crippen MR) is 103 cm³/mol. The second kappa shape index (κ2) is 7.00. The van der Waals surface area contributed by atoms with E-state index in [0.29, 0.717) is 29.3 Å². The summed E-state index contributed by atoms with van der Waals surface area (Å²) >= 11 is 6.09. The molecule has 0 heterocycles. The van der Waals surface area contributed by atoms with Crippen molar-refractivity contribution in [1.82, 2.24) is 0 Å². The van der Waals surface area contributed by atoms with E-state index in [9.17, 15) is 9.59 Å². The Morgan fingerprint density at radius 1 is 1.04 bits per heavy atom. The molecule has 0 aliphatic heterocycles. The van der Waals surface area contributed by atoms with Crippen molar-refractivity contribution in [3.8, 4) is 5.75 Å². The summed E-state index contributed by atoms with van der Waals surface area (Å²) in [6, 6.07) is 10.8. The van der Waals surface area contributed by atoms with Crippen molar-refractivity contribution in [2.75, 3.05) is 17.7 Å². The smallest absolute Gasteiger partial charge is 0.240 e. The van der Waals surface area contributed by atoms with Crippen molar-refractivity contribution < 1.29 is 14.3 Å². The summed E-state index contributed by atoms with van der Waals surface area (Å²) in [6.45, 7) is 3.86. The first-order valence-electron chi connectivity index (χ1n) is 8.40. The minimum Gasteiger partial charge on any atom is -0.495 e. The maximum absolute atomic E-state index is 12.8. The van der Waals surface area contributed by atoms with Gasteiger partial charge in [-0.05, 0) is 56.0 Å². The molecule has 0 aromatic heterocycles. The number of rotatable bonds is 5. The third-order valence-electron chi connectivity index (χ3n) is 4.75. The molecule has 1 aliphatic rings. The van der Waals surface area contributed by atoms with Crippen LogP contribution < -0.4 is 15.4 Å². The molecule has 136 valence electrons. The lowest BCUT2D eigenvalue weighted by Gasteiger charge is -2.18. The van der Waals surface area contributed by atoms with Crippen LogP contribution >= 0.6 is 11.6 Å². The first-order chi connectivity index (χ1) is 12.4. The lowest BCUT2D eigenvalue weighted by molar-refractivity contribution is -0.131. The zero-order valence-corrected chi connectivity index (χ0v) is 15.7. The van der Waals surface area contributed by atoms with E-state index < -0.39 is 5.41 Å². The molecule has 1 aliphatic carbocycles. The van der Waals surface area contributed by atoms with Crippen molar-refractivity contribution >= 4 is 34.8 Å². The molecule has 0 saturated heterocycles. The second-order valence-electron chi connectivity index (χ2n) is 6.61. The summed E-state index contributed by atoms with van der Waals surface area (Å²) < 4.78 is 5.10. The Kier molecular flexibility index (Phi) is 4.92. The Morgan fingerprint density at radius 2 is 1.65 bits per heavy atom. The SMILES string of the molecule is COc1ccc(NC(=O)C2(C(=O)Nc3c(C)cccc3C)CC2)cc1Cl. The van der Waals surface area contributed by atoms with Crippen LogP contribution in [-0.4, -0.2) is 18.9 Å². The fourth-order valence-electron chi connectivity index (χ4n) is 2.92. The highest BCUT2D eigenvalue weighted by molar-refractivity contribution is 6.32. The number of hydrogen-bond acceptors (Lipinski definition) is 3. The van der Waals surface area contributed by atoms with Gasteiger partial charge in [0.1, 0.15) is 11.2 Å². The molecule has 26 heavy (non-hydrogen) atoms. The highest BCUT2D eigenvalue weighted by Gasteiger charge is 2.56. The maximum atomic E-state index is 12.8. The molecule has 2 amide bonds. The van der Waals surface area contributed by atoms with Gasteiger partial charge in [0.25, 0.3) is 0 Å². The van der Waals surface area contributed by atoms with Gasteiger partial charge >= 0.3 is 0 Å². The van der Waals surface area contributed by atoms with E-state index >= 15 is 0 Å². The molecule has 3 rings (SSSR count). The van der Waals surface area contributed by atoms with E-state index in [1.807, 2.05) is 32.0 Å². The lowest BCUT2D eigenvalue weighted by Crippen LogP contribution is -2.36. The van der Waals surface area contributed by atoms with Crippen molar-refractivity contribution in [1.29, 1.82) is 0 Å². The lowest BCUT2D eigenvalue weighted by atomic mass is 10.0. The third-order valence-corrected chi connectivity index (χ3v) is 5.04. The van der Waals surface area contributed by atoms with E-state index in [2.05, 4.69) is 10.6 Å². The van der Waals surface area contributed by atoms with Gasteiger partial charge in [-0.15, -0.1) is 0 Å². The Labute approximate surface area is 157 Å². The number of aryl methyl sites for hydroxylation is 2. The maximum Gasteiger partial charge on any atom is 0.240 e. The van der Waals surface area contributed by atoms with Gasteiger partial charge in [-0.2, -0.15) is 0 Å². The molecule has 0 spiro atoms. The normalized spacial score (nSPS) is 14.5. The predicted octanol–water partition coefficient (Wildman–Crippen LogP) is 4.32. The molecule has 2 aromatic rings. The van der Waals surface area contributed by atoms with Crippen LogP contribution in [-0.2, 0) is 9.59 Å². The summed E-state index contributed by atoms with van der Waals surface area (Å²) in [5.41, 5.74) is 2.21. The number of hydrogen-bond donors (Lipinski definition) is 2. The third kappa shape index (κ3) is 3.40. The largest absolute Gasteiger partial charge is 0.495 e. The first-order valence-corrected chi connectivity index (χ1v) is 8.78. The van der Waals surface area contributed by atoms with Crippen LogP contribution in [0.1, 0.15) is 24.0 Å². The molecule has 0 bridgehead atoms. The first kappa shape index (κ1) is 18.3. The zero-order valence-electron chi connectivity index (χ0n) is 15.0. The average molecular weight is 373 g/mol. The van der Waals surface area contributed by atoms with Crippen LogP contribution in [0.4, 0.5) is 11.4 Å². The number of halogens is 1. The molecule has 5 nitrogen and oxygen atoms in total. The number of amides is 2. The summed E-state index contributed by atoms with van der Waals surface area (Å²) in [5, 5.41) is 6.12. The van der Waals surface area contributed by atoms with E-state index in [-0.39, 0.29) is 11.8 Å². The van der Waals surface area contributed by atoms with Gasteiger partial charge in [0.2, 0.25) is 11.8 Å². The summed E-state index contributed by atoms with van der Waals surface area (Å²) in [6.07, 6.45) is 1.05. The van der Waals surface area contributed by atoms with Gasteiger partial charge in [-0.3, -0.25) is 9.59 Å². The van der Waals surface area contributed by atoms with Crippen LogP contribution in [0.15, 0.2) is 36.4 Å². The van der Waals surface area contributed by atoms with Crippen LogP contribution in [0.25, 0.3) is 0 Å². The summed E-state index contributed by atoms with van der Waals surface area (Å²) in [5.74, 6) is -0.0620. The zero-order chi connectivity index (χ0) is 18.9. The highest BCUT2D eigenvalue weighted by Crippen LogP contribution is 2.48. The average Bonchev–Trinajstić information content (AvgIpc) is 3.40. The van der Waals surface area contributed by atoms with Crippen LogP contribution in [0, 0.1) is 19.3 Å². The number of ether oxygens (including phenoxy) is 1. The number of carbonyl (C=O) groups is 2. The summed E-state index contributed by atoms with van der Waals surface area (Å²) in [7, 11) is 1.52. The number of methoxy groups -OCH3 is 1. The molecule has 2 N–H and O–H groups in total. The van der Waals surface area contributed by atoms with Gasteiger partial charge in [0.05, 0.1) is 12.1 Å². The Balaban J connectivity index is 1.74. The molecule has 0 unspecified atom stereocenters. The van der Waals surface area contributed by atoms with Gasteiger partial charge in [0.15, 0.2) is 0 Å². The van der Waals surface area contributed by atoms with E-state index in [0.717, 1.165) is 16.8 Å². The Bertz CT molecular complexity index is 855. The molecule has 2 aromatic carbocycles. The quantitative estimate of drug-likeness (QED) is 0.768. The minimum atomic E-state index is -1.03. The van der Waals surface area contributed by atoms with E-state index in [1.165, 1.54) is 7.11 Å². The van der Waals surface area contributed by atoms with Gasteiger partial charge in [0, 0.05) is 11.4 Å². The molecule has 6 heteroatoms. The van der Waals surface area contributed by atoms with Crippen molar-refractivity contribution in [2.24, 2.45) is 5.41 Å². The minimum absolute atomic E-state index is 0.271. The second-order valence-corrected chi connectivity index (χ2v) is 7.01. The van der Waals surface area contributed by atoms with Crippen LogP contribution in [0.5, 0.6) is 5.75 Å². The van der Waals surface area contributed by atoms with Crippen molar-refractivity contribution in [3.63, 3.8) is 0 Å². The van der Waals surface area contributed by atoms with Gasteiger partial charge < -0.3 is 15.4 Å². The van der Waals surface area contributed by atoms with E-state index in [1.54, 1.807) is 18.2 Å². The van der Waals surface area contributed by atoms with Crippen molar-refractivity contribution in [2.45, 2.75) is 26.7 Å². The number of carbonyl (C=O) groups excluding carboxylic acids is 2. The fraction of sp³-hybridized carbons (Fsp3) is 0.300. The number of para-hydroxylation sites is 1. The Hall–Kier alpha value is -2.53. The monoisotopic (exact) mass is 372 g/mol. The topological polar surface area (TPSA) is 67.4 Å². The molecule has 0 radical (unpaired) electrons. The number of anilines is 2. The Morgan fingerprint density at radius 3 is 2.19 bits per heavy atom. The van der Waals surface area contributed by atoms with Crippen LogP contribution in [0.3, 0.4) is 0 Å². The number of benzene rings is 2.